The fraction of sp³-hybridized carbons (Fsp3) is 0.611. The largest absolute Gasteiger partial charge is 0.493 e. The average Bonchev–Trinajstić information content (AvgIpc) is 2.49. The summed E-state index contributed by atoms with van der Waals surface area (Å²) < 4.78 is 5.70. The van der Waals surface area contributed by atoms with E-state index in [1.54, 1.807) is 0 Å². The molecule has 0 aromatic heterocycles. The third kappa shape index (κ3) is 6.48. The molecule has 0 radical (unpaired) electrons. The Morgan fingerprint density at radius 1 is 1.27 bits per heavy atom. The molecule has 0 spiro atoms. The zero-order valence-electron chi connectivity index (χ0n) is 14.3. The predicted molar refractivity (Wildman–Crippen MR) is 91.1 cm³/mol. The molecule has 0 saturated heterocycles. The van der Waals surface area contributed by atoms with Gasteiger partial charge in [0, 0.05) is 18.4 Å². The van der Waals surface area contributed by atoms with Gasteiger partial charge < -0.3 is 15.8 Å². The summed E-state index contributed by atoms with van der Waals surface area (Å²) in [4.78, 5) is 11.7. The van der Waals surface area contributed by atoms with Gasteiger partial charge in [-0.05, 0) is 36.6 Å². The molecule has 1 rings (SSSR count). The normalized spacial score (nSPS) is 11.5. The highest BCUT2D eigenvalue weighted by atomic mass is 16.5. The van der Waals surface area contributed by atoms with Crippen LogP contribution in [0.4, 0.5) is 0 Å². The second-order valence-corrected chi connectivity index (χ2v) is 6.78. The number of nitrogens with two attached hydrogens (primary N) is 1. The summed E-state index contributed by atoms with van der Waals surface area (Å²) in [6.45, 7) is 10.4. The molecule has 1 amide bonds. The summed E-state index contributed by atoms with van der Waals surface area (Å²) in [6, 6.07) is 8.13. The van der Waals surface area contributed by atoms with Gasteiger partial charge in [0.15, 0.2) is 0 Å². The van der Waals surface area contributed by atoms with Crippen molar-refractivity contribution in [3.05, 3.63) is 29.8 Å². The van der Waals surface area contributed by atoms with E-state index >= 15 is 0 Å². The van der Waals surface area contributed by atoms with Gasteiger partial charge in [-0.1, -0.05) is 39.8 Å². The van der Waals surface area contributed by atoms with Crippen molar-refractivity contribution in [2.24, 2.45) is 11.7 Å². The third-order valence-electron chi connectivity index (χ3n) is 3.55. The maximum absolute atomic E-state index is 11.7. The van der Waals surface area contributed by atoms with Crippen molar-refractivity contribution in [2.45, 2.75) is 46.0 Å². The van der Waals surface area contributed by atoms with Crippen molar-refractivity contribution >= 4 is 5.91 Å². The lowest BCUT2D eigenvalue weighted by Gasteiger charge is -2.26. The van der Waals surface area contributed by atoms with Gasteiger partial charge in [0.2, 0.25) is 5.91 Å². The molecule has 1 aromatic rings. The molecule has 4 nitrogen and oxygen atoms in total. The van der Waals surface area contributed by atoms with Gasteiger partial charge in [0.25, 0.3) is 0 Å². The van der Waals surface area contributed by atoms with E-state index in [4.69, 9.17) is 10.5 Å². The summed E-state index contributed by atoms with van der Waals surface area (Å²) in [5, 5.41) is 2.99. The van der Waals surface area contributed by atoms with Crippen LogP contribution >= 0.6 is 0 Å². The van der Waals surface area contributed by atoms with Gasteiger partial charge in [-0.15, -0.1) is 0 Å². The molecule has 3 N–H and O–H groups in total. The van der Waals surface area contributed by atoms with Crippen molar-refractivity contribution in [1.29, 1.82) is 0 Å². The van der Waals surface area contributed by atoms with Crippen LogP contribution in [0.3, 0.4) is 0 Å². The van der Waals surface area contributed by atoms with Gasteiger partial charge in [-0.3, -0.25) is 4.79 Å². The van der Waals surface area contributed by atoms with E-state index in [9.17, 15) is 4.79 Å². The van der Waals surface area contributed by atoms with Crippen LogP contribution in [0.2, 0.25) is 0 Å². The molecule has 0 heterocycles. The minimum Gasteiger partial charge on any atom is -0.493 e. The molecule has 124 valence electrons. The van der Waals surface area contributed by atoms with E-state index in [2.05, 4.69) is 45.1 Å². The molecule has 0 aliphatic heterocycles. The topological polar surface area (TPSA) is 64.3 Å². The average molecular weight is 306 g/mol. The number of amides is 1. The number of hydrogen-bond donors (Lipinski definition) is 2. The number of benzene rings is 1. The lowest BCUT2D eigenvalue weighted by molar-refractivity contribution is -0.121. The van der Waals surface area contributed by atoms with Crippen LogP contribution in [0.5, 0.6) is 5.75 Å². The molecule has 0 unspecified atom stereocenters. The first-order valence-electron chi connectivity index (χ1n) is 8.05. The van der Waals surface area contributed by atoms with Crippen molar-refractivity contribution < 1.29 is 9.53 Å². The van der Waals surface area contributed by atoms with E-state index in [0.29, 0.717) is 25.4 Å². The summed E-state index contributed by atoms with van der Waals surface area (Å²) in [5.41, 5.74) is 6.48. The molecule has 0 atom stereocenters. The minimum atomic E-state index is -0.116. The van der Waals surface area contributed by atoms with Crippen molar-refractivity contribution in [1.82, 2.24) is 5.32 Å². The van der Waals surface area contributed by atoms with Crippen LogP contribution in [0.15, 0.2) is 24.3 Å². The first-order valence-corrected chi connectivity index (χ1v) is 8.05. The Morgan fingerprint density at radius 3 is 2.45 bits per heavy atom. The lowest BCUT2D eigenvalue weighted by atomic mass is 9.84. The summed E-state index contributed by atoms with van der Waals surface area (Å²) in [6.07, 6.45) is 1.22. The standard InChI is InChI=1S/C18H30N2O2/c1-14(2)12-22-16-9-7-15(8-10-16)18(3,4)13-20-17(21)6-5-11-19/h7-10,14H,5-6,11-13,19H2,1-4H3,(H,20,21). The maximum Gasteiger partial charge on any atom is 0.220 e. The molecule has 0 aliphatic rings. The second kappa shape index (κ2) is 8.79. The predicted octanol–water partition coefficient (Wildman–Crippen LogP) is 2.85. The van der Waals surface area contributed by atoms with Gasteiger partial charge in [-0.2, -0.15) is 0 Å². The van der Waals surface area contributed by atoms with Crippen molar-refractivity contribution in [3.63, 3.8) is 0 Å². The number of nitrogens with one attached hydrogen (secondary N) is 1. The minimum absolute atomic E-state index is 0.0652. The molecule has 4 heteroatoms. The molecular formula is C18H30N2O2. The second-order valence-electron chi connectivity index (χ2n) is 6.78. The maximum atomic E-state index is 11.7. The zero-order chi connectivity index (χ0) is 16.6. The summed E-state index contributed by atoms with van der Waals surface area (Å²) >= 11 is 0. The van der Waals surface area contributed by atoms with Gasteiger partial charge in [0.1, 0.15) is 5.75 Å². The lowest BCUT2D eigenvalue weighted by Crippen LogP contribution is -2.36. The Bertz CT molecular complexity index is 453. The molecule has 1 aromatic carbocycles. The third-order valence-corrected chi connectivity index (χ3v) is 3.55. The highest BCUT2D eigenvalue weighted by Crippen LogP contribution is 2.24. The number of hydrogen-bond acceptors (Lipinski definition) is 3. The fourth-order valence-corrected chi connectivity index (χ4v) is 2.04. The van der Waals surface area contributed by atoms with Crippen LogP contribution in [-0.2, 0) is 10.2 Å². The van der Waals surface area contributed by atoms with E-state index in [0.717, 1.165) is 18.8 Å². The molecule has 0 fully saturated rings. The van der Waals surface area contributed by atoms with Gasteiger partial charge in [0.05, 0.1) is 6.61 Å². The Morgan fingerprint density at radius 2 is 1.91 bits per heavy atom. The van der Waals surface area contributed by atoms with Crippen LogP contribution in [0.1, 0.15) is 46.1 Å². The Labute approximate surface area is 134 Å². The van der Waals surface area contributed by atoms with E-state index in [1.807, 2.05) is 12.1 Å². The number of ether oxygens (including phenoxy) is 1. The van der Waals surface area contributed by atoms with Crippen molar-refractivity contribution in [2.75, 3.05) is 19.7 Å². The quantitative estimate of drug-likeness (QED) is 0.737. The zero-order valence-corrected chi connectivity index (χ0v) is 14.3. The Kier molecular flexibility index (Phi) is 7.39. The van der Waals surface area contributed by atoms with Gasteiger partial charge in [-0.25, -0.2) is 0 Å². The molecule has 0 bridgehead atoms. The molecular weight excluding hydrogens is 276 g/mol. The number of carbonyl (C=O) groups is 1. The van der Waals surface area contributed by atoms with Crippen molar-refractivity contribution in [3.8, 4) is 5.75 Å². The van der Waals surface area contributed by atoms with E-state index < -0.39 is 0 Å². The molecule has 22 heavy (non-hydrogen) atoms. The number of carbonyl (C=O) groups excluding carboxylic acids is 1. The van der Waals surface area contributed by atoms with Gasteiger partial charge >= 0.3 is 0 Å². The smallest absolute Gasteiger partial charge is 0.220 e. The summed E-state index contributed by atoms with van der Waals surface area (Å²) in [7, 11) is 0. The van der Waals surface area contributed by atoms with Crippen LogP contribution in [0.25, 0.3) is 0 Å². The monoisotopic (exact) mass is 306 g/mol. The highest BCUT2D eigenvalue weighted by Gasteiger charge is 2.21. The summed E-state index contributed by atoms with van der Waals surface area (Å²) in [5.74, 6) is 1.47. The highest BCUT2D eigenvalue weighted by molar-refractivity contribution is 5.75. The van der Waals surface area contributed by atoms with Crippen LogP contribution in [0, 0.1) is 5.92 Å². The Hall–Kier alpha value is -1.55. The number of rotatable bonds is 9. The fourth-order valence-electron chi connectivity index (χ4n) is 2.04. The van der Waals surface area contributed by atoms with Crippen LogP contribution in [-0.4, -0.2) is 25.6 Å². The van der Waals surface area contributed by atoms with Crippen LogP contribution < -0.4 is 15.8 Å². The van der Waals surface area contributed by atoms with E-state index in [-0.39, 0.29) is 11.3 Å². The molecule has 0 aliphatic carbocycles. The molecule has 0 saturated carbocycles. The first-order chi connectivity index (χ1) is 10.3. The Balaban J connectivity index is 2.55. The van der Waals surface area contributed by atoms with E-state index in [1.165, 1.54) is 5.56 Å². The SMILES string of the molecule is CC(C)COc1ccc(C(C)(C)CNC(=O)CCCN)cc1. The first kappa shape index (κ1) is 18.5.